The quantitative estimate of drug-likeness (QED) is 0.883. The highest BCUT2D eigenvalue weighted by Gasteiger charge is 2.55. The summed E-state index contributed by atoms with van der Waals surface area (Å²) >= 11 is 0. The predicted octanol–water partition coefficient (Wildman–Crippen LogP) is 0.907. The highest BCUT2D eigenvalue weighted by molar-refractivity contribution is 7.90. The largest absolute Gasteiger partial charge is 0.414 e. The molecule has 0 aromatic carbocycles. The van der Waals surface area contributed by atoms with Gasteiger partial charge in [0, 0.05) is 12.5 Å². The minimum absolute atomic E-state index is 0.0535. The monoisotopic (exact) mass is 338 g/mol. The van der Waals surface area contributed by atoms with Crippen molar-refractivity contribution in [1.82, 2.24) is 4.98 Å². The average Bonchev–Trinajstić information content (AvgIpc) is 2.84. The van der Waals surface area contributed by atoms with E-state index in [9.17, 15) is 26.4 Å². The number of rotatable bonds is 3. The number of amides is 1. The summed E-state index contributed by atoms with van der Waals surface area (Å²) in [7, 11) is -3.69. The van der Waals surface area contributed by atoms with E-state index in [1.807, 2.05) is 0 Å². The second-order valence-corrected chi connectivity index (χ2v) is 7.00. The number of nitrogens with zero attached hydrogens (tertiary/aromatic N) is 1. The van der Waals surface area contributed by atoms with Crippen LogP contribution in [0.1, 0.15) is 18.4 Å². The maximum Gasteiger partial charge on any atom is 0.414 e. The molecule has 0 saturated carbocycles. The van der Waals surface area contributed by atoms with E-state index in [-0.39, 0.29) is 17.0 Å². The number of halogens is 3. The van der Waals surface area contributed by atoms with Gasteiger partial charge in [-0.25, -0.2) is 13.4 Å². The number of aromatic nitrogens is 1. The van der Waals surface area contributed by atoms with Crippen LogP contribution in [-0.4, -0.2) is 37.8 Å². The zero-order chi connectivity index (χ0) is 16.8. The van der Waals surface area contributed by atoms with E-state index in [1.54, 1.807) is 0 Å². The summed E-state index contributed by atoms with van der Waals surface area (Å²) in [6.07, 6.45) is -5.52. The molecule has 1 amide bonds. The zero-order valence-electron chi connectivity index (χ0n) is 11.4. The minimum Gasteiger partial charge on any atom is -0.367 e. The number of carbonyl (C=O) groups is 1. The summed E-state index contributed by atoms with van der Waals surface area (Å²) < 4.78 is 66.2. The molecule has 2 rings (SSSR count). The van der Waals surface area contributed by atoms with E-state index in [4.69, 9.17) is 10.5 Å². The normalized spacial score (nSPS) is 26.1. The molecule has 1 aliphatic heterocycles. The van der Waals surface area contributed by atoms with Crippen LogP contribution >= 0.6 is 0 Å². The summed E-state index contributed by atoms with van der Waals surface area (Å²) in [4.78, 5) is 15.3. The first-order valence-corrected chi connectivity index (χ1v) is 8.07. The van der Waals surface area contributed by atoms with Crippen LogP contribution in [0.4, 0.5) is 13.2 Å². The molecule has 10 heteroatoms. The average molecular weight is 338 g/mol. The molecule has 2 heterocycles. The highest BCUT2D eigenvalue weighted by atomic mass is 32.2. The first-order chi connectivity index (χ1) is 9.97. The maximum atomic E-state index is 12.8. The smallest absolute Gasteiger partial charge is 0.367 e. The molecule has 122 valence electrons. The van der Waals surface area contributed by atoms with E-state index < -0.39 is 40.0 Å². The molecular weight excluding hydrogens is 325 g/mol. The molecule has 6 nitrogen and oxygen atoms in total. The van der Waals surface area contributed by atoms with Gasteiger partial charge in [-0.05, 0) is 30.5 Å². The first kappa shape index (κ1) is 16.7. The number of nitrogens with two attached hydrogens (primary N) is 1. The van der Waals surface area contributed by atoms with Crippen LogP contribution in [0.25, 0.3) is 0 Å². The van der Waals surface area contributed by atoms with Crippen molar-refractivity contribution in [3.63, 3.8) is 0 Å². The SMILES string of the molecule is CS(=O)(=O)c1cc(C2(C(N)=O)CCC(C(F)(F)F)O2)ccn1. The van der Waals surface area contributed by atoms with Gasteiger partial charge in [0.2, 0.25) is 0 Å². The lowest BCUT2D eigenvalue weighted by molar-refractivity contribution is -0.229. The lowest BCUT2D eigenvalue weighted by Crippen LogP contribution is -2.43. The van der Waals surface area contributed by atoms with Crippen molar-refractivity contribution in [2.75, 3.05) is 6.26 Å². The molecule has 1 aliphatic rings. The molecule has 2 atom stereocenters. The van der Waals surface area contributed by atoms with Crippen LogP contribution < -0.4 is 5.73 Å². The van der Waals surface area contributed by atoms with Gasteiger partial charge in [-0.3, -0.25) is 4.79 Å². The number of ether oxygens (including phenoxy) is 1. The van der Waals surface area contributed by atoms with Gasteiger partial charge < -0.3 is 10.5 Å². The third-order valence-electron chi connectivity index (χ3n) is 3.45. The van der Waals surface area contributed by atoms with Crippen molar-refractivity contribution >= 4 is 15.7 Å². The molecule has 0 radical (unpaired) electrons. The van der Waals surface area contributed by atoms with E-state index in [0.717, 1.165) is 18.5 Å². The third kappa shape index (κ3) is 2.93. The van der Waals surface area contributed by atoms with Crippen LogP contribution in [0.15, 0.2) is 23.4 Å². The lowest BCUT2D eigenvalue weighted by atomic mass is 9.90. The topological polar surface area (TPSA) is 99.3 Å². The Labute approximate surface area is 124 Å². The van der Waals surface area contributed by atoms with Gasteiger partial charge >= 0.3 is 6.18 Å². The van der Waals surface area contributed by atoms with E-state index in [2.05, 4.69) is 4.98 Å². The second-order valence-electron chi connectivity index (χ2n) is 5.03. The lowest BCUT2D eigenvalue weighted by Gasteiger charge is -2.27. The molecule has 2 unspecified atom stereocenters. The number of hydrogen-bond donors (Lipinski definition) is 1. The Morgan fingerprint density at radius 3 is 2.59 bits per heavy atom. The fourth-order valence-corrected chi connectivity index (χ4v) is 2.92. The second kappa shape index (κ2) is 5.20. The molecule has 22 heavy (non-hydrogen) atoms. The Balaban J connectivity index is 2.49. The van der Waals surface area contributed by atoms with Gasteiger partial charge in [-0.15, -0.1) is 0 Å². The highest BCUT2D eigenvalue weighted by Crippen LogP contribution is 2.44. The standard InChI is InChI=1S/C12H13F3N2O4S/c1-22(19,20)9-6-7(3-5-17-9)11(10(16)18)4-2-8(21-11)12(13,14)15/h3,5-6,8H,2,4H2,1H3,(H2,16,18). The number of primary amides is 1. The van der Waals surface area contributed by atoms with Gasteiger partial charge in [0.15, 0.2) is 26.6 Å². The number of pyridine rings is 1. The number of hydrogen-bond acceptors (Lipinski definition) is 5. The van der Waals surface area contributed by atoms with Crippen molar-refractivity contribution in [2.24, 2.45) is 5.73 Å². The Hall–Kier alpha value is -1.68. The Kier molecular flexibility index (Phi) is 3.94. The first-order valence-electron chi connectivity index (χ1n) is 6.18. The van der Waals surface area contributed by atoms with Crippen molar-refractivity contribution in [2.45, 2.75) is 35.7 Å². The summed E-state index contributed by atoms with van der Waals surface area (Å²) in [5, 5.41) is -0.371. The third-order valence-corrected chi connectivity index (χ3v) is 4.43. The fraction of sp³-hybridized carbons (Fsp3) is 0.500. The molecule has 0 spiro atoms. The molecule has 0 bridgehead atoms. The van der Waals surface area contributed by atoms with Gasteiger partial charge in [0.05, 0.1) is 0 Å². The van der Waals surface area contributed by atoms with Crippen molar-refractivity contribution in [1.29, 1.82) is 0 Å². The summed E-state index contributed by atoms with van der Waals surface area (Å²) in [5.74, 6) is -1.11. The number of alkyl halides is 3. The van der Waals surface area contributed by atoms with Crippen LogP contribution in [0.2, 0.25) is 0 Å². The predicted molar refractivity (Wildman–Crippen MR) is 68.4 cm³/mol. The van der Waals surface area contributed by atoms with Crippen molar-refractivity contribution in [3.8, 4) is 0 Å². The van der Waals surface area contributed by atoms with Crippen LogP contribution in [-0.2, 0) is 25.0 Å². The van der Waals surface area contributed by atoms with Crippen LogP contribution in [0, 0.1) is 0 Å². The minimum atomic E-state index is -4.64. The summed E-state index contributed by atoms with van der Waals surface area (Å²) in [6, 6.07) is 2.23. The number of sulfone groups is 1. The Bertz CT molecular complexity index is 705. The maximum absolute atomic E-state index is 12.8. The molecule has 1 fully saturated rings. The van der Waals surface area contributed by atoms with Crippen molar-refractivity contribution in [3.05, 3.63) is 23.9 Å². The molecule has 1 aromatic rings. The van der Waals surface area contributed by atoms with Crippen molar-refractivity contribution < 1.29 is 31.1 Å². The summed E-state index contributed by atoms with van der Waals surface area (Å²) in [6.45, 7) is 0. The Morgan fingerprint density at radius 1 is 1.50 bits per heavy atom. The molecule has 1 saturated heterocycles. The van der Waals surface area contributed by atoms with Gasteiger partial charge in [0.25, 0.3) is 5.91 Å². The molecule has 1 aromatic heterocycles. The molecule has 2 N–H and O–H groups in total. The summed E-state index contributed by atoms with van der Waals surface area (Å²) in [5.41, 5.74) is 3.16. The van der Waals surface area contributed by atoms with E-state index in [0.29, 0.717) is 0 Å². The van der Waals surface area contributed by atoms with Gasteiger partial charge in [-0.1, -0.05) is 0 Å². The van der Waals surface area contributed by atoms with Crippen LogP contribution in [0.3, 0.4) is 0 Å². The molecular formula is C12H13F3N2O4S. The fourth-order valence-electron chi connectivity index (χ4n) is 2.32. The molecule has 0 aliphatic carbocycles. The van der Waals surface area contributed by atoms with Crippen LogP contribution in [0.5, 0.6) is 0 Å². The van der Waals surface area contributed by atoms with Gasteiger partial charge in [0.1, 0.15) is 0 Å². The van der Waals surface area contributed by atoms with E-state index in [1.165, 1.54) is 6.07 Å². The van der Waals surface area contributed by atoms with Gasteiger partial charge in [-0.2, -0.15) is 13.2 Å². The van der Waals surface area contributed by atoms with E-state index >= 15 is 0 Å². The Morgan fingerprint density at radius 2 is 2.14 bits per heavy atom. The number of carbonyl (C=O) groups excluding carboxylic acids is 1. The zero-order valence-corrected chi connectivity index (χ0v) is 12.2.